The second-order valence-electron chi connectivity index (χ2n) is 6.12. The van der Waals surface area contributed by atoms with Crippen molar-refractivity contribution in [2.45, 2.75) is 45.9 Å². The van der Waals surface area contributed by atoms with Gasteiger partial charge in [0.25, 0.3) is 0 Å². The molecule has 0 spiro atoms. The van der Waals surface area contributed by atoms with Gasteiger partial charge >= 0.3 is 0 Å². The molecule has 0 aliphatic heterocycles. The fourth-order valence-corrected chi connectivity index (χ4v) is 1.86. The van der Waals surface area contributed by atoms with Crippen molar-refractivity contribution in [3.05, 3.63) is 48.0 Å². The molecule has 2 rings (SSSR count). The number of aromatic nitrogens is 2. The first kappa shape index (κ1) is 12.3. The molecule has 0 atom stereocenters. The van der Waals surface area contributed by atoms with Gasteiger partial charge in [-0.1, -0.05) is 58.9 Å². The average molecular weight is 256 g/mol. The van der Waals surface area contributed by atoms with Gasteiger partial charge in [0.2, 0.25) is 0 Å². The third kappa shape index (κ3) is 3.19. The van der Waals surface area contributed by atoms with Gasteiger partial charge in [-0.15, -0.1) is 0 Å². The molecule has 0 aliphatic rings. The molecule has 2 heteroatoms. The first-order valence-corrected chi connectivity index (χ1v) is 6.61. The van der Waals surface area contributed by atoms with E-state index in [9.17, 15) is 0 Å². The van der Waals surface area contributed by atoms with Gasteiger partial charge in [0.15, 0.2) is 0 Å². The lowest BCUT2D eigenvalue weighted by Crippen LogP contribution is -2.15. The molecule has 0 N–H and O–H groups in total. The standard InChI is InChI=1S/C17H22N2/c1-12(2)13-6-8-14(9-7-13)15-10-18-16(19-11-15)17(3,4)5/h6-12H,1-5H3/i12T. The van der Waals surface area contributed by atoms with Gasteiger partial charge in [-0.3, -0.25) is 0 Å². The van der Waals surface area contributed by atoms with Crippen LogP contribution in [0.25, 0.3) is 11.1 Å². The Morgan fingerprint density at radius 1 is 0.947 bits per heavy atom. The van der Waals surface area contributed by atoms with Crippen LogP contribution in [0.1, 0.15) is 53.3 Å². The van der Waals surface area contributed by atoms with Crippen LogP contribution in [0.3, 0.4) is 0 Å². The summed E-state index contributed by atoms with van der Waals surface area (Å²) in [5.74, 6) is 0.288. The van der Waals surface area contributed by atoms with Gasteiger partial charge in [-0.25, -0.2) is 9.97 Å². The fourth-order valence-electron chi connectivity index (χ4n) is 1.86. The van der Waals surface area contributed by atoms with Crippen LogP contribution in [0.4, 0.5) is 0 Å². The van der Waals surface area contributed by atoms with E-state index < -0.39 is 5.89 Å². The van der Waals surface area contributed by atoms with Crippen LogP contribution >= 0.6 is 0 Å². The molecule has 1 aromatic carbocycles. The fraction of sp³-hybridized carbons (Fsp3) is 0.412. The average Bonchev–Trinajstić information content (AvgIpc) is 2.37. The van der Waals surface area contributed by atoms with Crippen LogP contribution in [0.2, 0.25) is 0 Å². The summed E-state index contributed by atoms with van der Waals surface area (Å²) in [7, 11) is 0. The number of rotatable bonds is 2. The summed E-state index contributed by atoms with van der Waals surface area (Å²) in [6, 6.07) is 8.06. The van der Waals surface area contributed by atoms with E-state index in [1.807, 2.05) is 50.5 Å². The summed E-state index contributed by atoms with van der Waals surface area (Å²) in [4.78, 5) is 8.90. The SMILES string of the molecule is [3H]C(C)(C)c1ccc(-c2cnc(C(C)(C)C)nc2)cc1. The normalized spacial score (nSPS) is 13.2. The van der Waals surface area contributed by atoms with E-state index in [-0.39, 0.29) is 5.41 Å². The quantitative estimate of drug-likeness (QED) is 0.787. The first-order valence-electron chi connectivity index (χ1n) is 7.11. The lowest BCUT2D eigenvalue weighted by Gasteiger charge is -2.16. The Morgan fingerprint density at radius 2 is 1.47 bits per heavy atom. The van der Waals surface area contributed by atoms with E-state index in [0.717, 1.165) is 22.5 Å². The number of benzene rings is 1. The summed E-state index contributed by atoms with van der Waals surface area (Å²) in [6.45, 7) is 10.1. The molecule has 0 bridgehead atoms. The number of hydrogen-bond acceptors (Lipinski definition) is 2. The minimum Gasteiger partial charge on any atom is -0.240 e. The molecule has 2 aromatic rings. The number of nitrogens with zero attached hydrogens (tertiary/aromatic N) is 2. The van der Waals surface area contributed by atoms with Crippen LogP contribution < -0.4 is 0 Å². The smallest absolute Gasteiger partial charge is 0.133 e. The van der Waals surface area contributed by atoms with Crippen LogP contribution in [0, 0.1) is 0 Å². The Balaban J connectivity index is 2.29. The summed E-state index contributed by atoms with van der Waals surface area (Å²) in [6.07, 6.45) is 3.74. The molecule has 1 heterocycles. The van der Waals surface area contributed by atoms with E-state index in [0.29, 0.717) is 0 Å². The summed E-state index contributed by atoms with van der Waals surface area (Å²) in [5.41, 5.74) is 3.07. The maximum Gasteiger partial charge on any atom is 0.133 e. The van der Waals surface area contributed by atoms with Crippen LogP contribution in [0.15, 0.2) is 36.7 Å². The van der Waals surface area contributed by atoms with Crippen LogP contribution in [-0.2, 0) is 5.41 Å². The van der Waals surface area contributed by atoms with Gasteiger partial charge in [0.05, 0.1) is 0 Å². The van der Waals surface area contributed by atoms with Crippen LogP contribution in [0.5, 0.6) is 0 Å². The molecular weight excluding hydrogens is 232 g/mol. The highest BCUT2D eigenvalue weighted by molar-refractivity contribution is 5.61. The Labute approximate surface area is 117 Å². The van der Waals surface area contributed by atoms with Crippen molar-refractivity contribution < 1.29 is 1.37 Å². The predicted molar refractivity (Wildman–Crippen MR) is 80.3 cm³/mol. The third-order valence-electron chi connectivity index (χ3n) is 3.12. The molecular formula is C17H22N2. The maximum atomic E-state index is 8.02. The molecule has 0 unspecified atom stereocenters. The Morgan fingerprint density at radius 3 is 1.89 bits per heavy atom. The highest BCUT2D eigenvalue weighted by atomic mass is 14.9. The van der Waals surface area contributed by atoms with Crippen molar-refractivity contribution in [3.8, 4) is 11.1 Å². The van der Waals surface area contributed by atoms with Gasteiger partial charge < -0.3 is 0 Å². The molecule has 0 aliphatic carbocycles. The second kappa shape index (κ2) is 5.12. The lowest BCUT2D eigenvalue weighted by molar-refractivity contribution is 0.545. The Hall–Kier alpha value is -1.70. The first-order chi connectivity index (χ1) is 9.18. The van der Waals surface area contributed by atoms with Crippen molar-refractivity contribution in [1.29, 1.82) is 0 Å². The van der Waals surface area contributed by atoms with E-state index in [1.54, 1.807) is 0 Å². The summed E-state index contributed by atoms with van der Waals surface area (Å²) >= 11 is 0. The van der Waals surface area contributed by atoms with Gasteiger partial charge in [-0.2, -0.15) is 0 Å². The largest absolute Gasteiger partial charge is 0.240 e. The van der Waals surface area contributed by atoms with Crippen molar-refractivity contribution in [2.24, 2.45) is 0 Å². The van der Waals surface area contributed by atoms with Gasteiger partial charge in [0, 0.05) is 24.7 Å². The monoisotopic (exact) mass is 256 g/mol. The molecule has 0 saturated heterocycles. The maximum absolute atomic E-state index is 8.02. The summed E-state index contributed by atoms with van der Waals surface area (Å²) < 4.78 is 8.02. The van der Waals surface area contributed by atoms with Gasteiger partial charge in [-0.05, 0) is 17.0 Å². The van der Waals surface area contributed by atoms with E-state index in [1.165, 1.54) is 0 Å². The molecule has 0 fully saturated rings. The molecule has 100 valence electrons. The van der Waals surface area contributed by atoms with Crippen molar-refractivity contribution in [1.82, 2.24) is 9.97 Å². The van der Waals surface area contributed by atoms with Crippen molar-refractivity contribution >= 4 is 0 Å². The zero-order chi connectivity index (χ0) is 15.0. The van der Waals surface area contributed by atoms with Crippen LogP contribution in [-0.4, -0.2) is 9.97 Å². The zero-order valence-electron chi connectivity index (χ0n) is 13.4. The van der Waals surface area contributed by atoms with E-state index in [4.69, 9.17) is 1.37 Å². The van der Waals surface area contributed by atoms with Crippen molar-refractivity contribution in [2.75, 3.05) is 0 Å². The zero-order valence-corrected chi connectivity index (χ0v) is 12.4. The highest BCUT2D eigenvalue weighted by Gasteiger charge is 2.16. The van der Waals surface area contributed by atoms with E-state index >= 15 is 0 Å². The second-order valence-corrected chi connectivity index (χ2v) is 6.12. The van der Waals surface area contributed by atoms with Crippen molar-refractivity contribution in [3.63, 3.8) is 0 Å². The minimum atomic E-state index is -0.564. The highest BCUT2D eigenvalue weighted by Crippen LogP contribution is 2.23. The predicted octanol–water partition coefficient (Wildman–Crippen LogP) is 4.56. The third-order valence-corrected chi connectivity index (χ3v) is 3.12. The topological polar surface area (TPSA) is 25.8 Å². The summed E-state index contributed by atoms with van der Waals surface area (Å²) in [5, 5.41) is 0. The molecule has 0 amide bonds. The molecule has 1 aromatic heterocycles. The molecule has 2 nitrogen and oxygen atoms in total. The Kier molecular flexibility index (Phi) is 3.33. The molecule has 0 radical (unpaired) electrons. The molecule has 19 heavy (non-hydrogen) atoms. The minimum absolute atomic E-state index is 0.0301. The number of hydrogen-bond donors (Lipinski definition) is 0. The van der Waals surface area contributed by atoms with Gasteiger partial charge in [0.1, 0.15) is 5.82 Å². The molecule has 0 saturated carbocycles. The van der Waals surface area contributed by atoms with E-state index in [2.05, 4.69) is 30.7 Å². The lowest BCUT2D eigenvalue weighted by atomic mass is 9.95. The Bertz CT molecular complexity index is 517.